The van der Waals surface area contributed by atoms with Gasteiger partial charge in [0, 0.05) is 13.7 Å². The molecule has 0 aliphatic rings. The Labute approximate surface area is 139 Å². The topological polar surface area (TPSA) is 64.1 Å². The molecule has 0 atom stereocenters. The summed E-state index contributed by atoms with van der Waals surface area (Å²) in [6, 6.07) is 8.04. The van der Waals surface area contributed by atoms with Gasteiger partial charge in [-0.25, -0.2) is 0 Å². The van der Waals surface area contributed by atoms with Crippen molar-refractivity contribution in [3.8, 4) is 5.75 Å². The van der Waals surface area contributed by atoms with Crippen molar-refractivity contribution in [1.29, 1.82) is 0 Å². The van der Waals surface area contributed by atoms with Crippen molar-refractivity contribution < 1.29 is 14.2 Å². The third-order valence-electron chi connectivity index (χ3n) is 2.97. The van der Waals surface area contributed by atoms with Crippen LogP contribution in [0.2, 0.25) is 0 Å². The first-order chi connectivity index (χ1) is 11.3. The van der Waals surface area contributed by atoms with Crippen LogP contribution in [0.4, 0.5) is 0 Å². The number of hydrogen-bond acceptors (Lipinski definition) is 4. The van der Waals surface area contributed by atoms with Crippen molar-refractivity contribution in [2.24, 2.45) is 4.99 Å². The van der Waals surface area contributed by atoms with E-state index in [-0.39, 0.29) is 0 Å². The Kier molecular flexibility index (Phi) is 10.7. The Bertz CT molecular complexity index is 435. The lowest BCUT2D eigenvalue weighted by Crippen LogP contribution is -2.39. The monoisotopic (exact) mass is 323 g/mol. The van der Waals surface area contributed by atoms with E-state index in [1.165, 1.54) is 5.56 Å². The van der Waals surface area contributed by atoms with E-state index in [2.05, 4.69) is 22.5 Å². The summed E-state index contributed by atoms with van der Waals surface area (Å²) < 4.78 is 16.0. The number of rotatable bonds is 11. The lowest BCUT2D eigenvalue weighted by molar-refractivity contribution is 0.0748. The van der Waals surface area contributed by atoms with Crippen LogP contribution in [0.5, 0.6) is 5.75 Å². The number of aliphatic imine (C=N–C) groups is 1. The summed E-state index contributed by atoms with van der Waals surface area (Å²) in [6.07, 6.45) is 0. The zero-order valence-corrected chi connectivity index (χ0v) is 14.4. The zero-order valence-electron chi connectivity index (χ0n) is 14.4. The van der Waals surface area contributed by atoms with Crippen molar-refractivity contribution in [2.75, 3.05) is 53.2 Å². The molecule has 0 aromatic heterocycles. The number of hydrogen-bond donors (Lipinski definition) is 2. The van der Waals surface area contributed by atoms with E-state index in [4.69, 9.17) is 14.2 Å². The number of aryl methyl sites for hydroxylation is 1. The average molecular weight is 323 g/mol. The lowest BCUT2D eigenvalue weighted by atomic mass is 10.2. The van der Waals surface area contributed by atoms with Gasteiger partial charge >= 0.3 is 0 Å². The number of nitrogens with one attached hydrogen (secondary N) is 2. The molecule has 2 N–H and O–H groups in total. The minimum Gasteiger partial charge on any atom is -0.492 e. The third kappa shape index (κ3) is 9.76. The minimum atomic E-state index is 0.581. The second-order valence-electron chi connectivity index (χ2n) is 4.95. The highest BCUT2D eigenvalue weighted by Crippen LogP contribution is 2.10. The summed E-state index contributed by atoms with van der Waals surface area (Å²) in [5.74, 6) is 1.65. The summed E-state index contributed by atoms with van der Waals surface area (Å²) in [6.45, 7) is 8.58. The quantitative estimate of drug-likeness (QED) is 0.368. The Morgan fingerprint density at radius 1 is 1.04 bits per heavy atom. The van der Waals surface area contributed by atoms with E-state index in [0.29, 0.717) is 39.5 Å². The molecule has 130 valence electrons. The van der Waals surface area contributed by atoms with Crippen LogP contribution in [-0.2, 0) is 9.47 Å². The first kappa shape index (κ1) is 19.3. The van der Waals surface area contributed by atoms with Gasteiger partial charge < -0.3 is 24.8 Å². The predicted molar refractivity (Wildman–Crippen MR) is 93.4 cm³/mol. The van der Waals surface area contributed by atoms with E-state index in [1.54, 1.807) is 7.11 Å². The fourth-order valence-electron chi connectivity index (χ4n) is 1.78. The molecular formula is C17H29N3O3. The summed E-state index contributed by atoms with van der Waals surface area (Å²) >= 11 is 0. The molecule has 0 fully saturated rings. The number of benzene rings is 1. The number of guanidine groups is 1. The van der Waals surface area contributed by atoms with Gasteiger partial charge in [-0.1, -0.05) is 17.7 Å². The van der Waals surface area contributed by atoms with Crippen LogP contribution in [0.3, 0.4) is 0 Å². The highest BCUT2D eigenvalue weighted by molar-refractivity contribution is 5.79. The molecule has 1 rings (SSSR count). The van der Waals surface area contributed by atoms with E-state index >= 15 is 0 Å². The van der Waals surface area contributed by atoms with Crippen molar-refractivity contribution in [3.05, 3.63) is 29.8 Å². The Morgan fingerprint density at radius 3 is 2.52 bits per heavy atom. The average Bonchev–Trinajstić information content (AvgIpc) is 2.56. The predicted octanol–water partition coefficient (Wildman–Crippen LogP) is 1.59. The van der Waals surface area contributed by atoms with Crippen LogP contribution < -0.4 is 15.4 Å². The molecule has 0 unspecified atom stereocenters. The van der Waals surface area contributed by atoms with Gasteiger partial charge in [0.25, 0.3) is 0 Å². The molecule has 0 saturated carbocycles. The molecular weight excluding hydrogens is 294 g/mol. The number of methoxy groups -OCH3 is 1. The van der Waals surface area contributed by atoms with Gasteiger partial charge in [0.05, 0.1) is 32.9 Å². The fraction of sp³-hybridized carbons (Fsp3) is 0.588. The SMILES string of the molecule is CCNC(=NCCOCCOC)NCCOc1ccc(C)cc1. The second kappa shape index (κ2) is 12.7. The summed E-state index contributed by atoms with van der Waals surface area (Å²) in [4.78, 5) is 4.44. The molecule has 0 heterocycles. The fourth-order valence-corrected chi connectivity index (χ4v) is 1.78. The van der Waals surface area contributed by atoms with Crippen LogP contribution >= 0.6 is 0 Å². The molecule has 6 nitrogen and oxygen atoms in total. The Morgan fingerprint density at radius 2 is 1.83 bits per heavy atom. The van der Waals surface area contributed by atoms with Crippen molar-refractivity contribution in [2.45, 2.75) is 13.8 Å². The molecule has 0 aliphatic heterocycles. The molecule has 0 spiro atoms. The van der Waals surface area contributed by atoms with Gasteiger partial charge in [0.1, 0.15) is 12.4 Å². The standard InChI is InChI=1S/C17H29N3O3/c1-4-18-17(19-9-11-22-14-13-21-3)20-10-12-23-16-7-5-15(2)6-8-16/h5-8H,4,9-14H2,1-3H3,(H2,18,19,20). The Balaban J connectivity index is 2.19. The summed E-state index contributed by atoms with van der Waals surface area (Å²) in [7, 11) is 1.66. The molecule has 23 heavy (non-hydrogen) atoms. The maximum Gasteiger partial charge on any atom is 0.191 e. The molecule has 0 amide bonds. The zero-order chi connectivity index (χ0) is 16.8. The molecule has 6 heteroatoms. The third-order valence-corrected chi connectivity index (χ3v) is 2.97. The maximum absolute atomic E-state index is 5.68. The van der Waals surface area contributed by atoms with Gasteiger partial charge in [-0.2, -0.15) is 0 Å². The molecule has 0 saturated heterocycles. The second-order valence-corrected chi connectivity index (χ2v) is 4.95. The van der Waals surface area contributed by atoms with E-state index < -0.39 is 0 Å². The smallest absolute Gasteiger partial charge is 0.191 e. The first-order valence-corrected chi connectivity index (χ1v) is 8.04. The maximum atomic E-state index is 5.68. The van der Waals surface area contributed by atoms with E-state index in [9.17, 15) is 0 Å². The van der Waals surface area contributed by atoms with E-state index in [1.807, 2.05) is 31.2 Å². The van der Waals surface area contributed by atoms with Crippen LogP contribution in [0.25, 0.3) is 0 Å². The van der Waals surface area contributed by atoms with Crippen LogP contribution in [-0.4, -0.2) is 59.1 Å². The highest BCUT2D eigenvalue weighted by Gasteiger charge is 1.98. The van der Waals surface area contributed by atoms with Crippen molar-refractivity contribution in [1.82, 2.24) is 10.6 Å². The summed E-state index contributed by atoms with van der Waals surface area (Å²) in [5, 5.41) is 6.43. The van der Waals surface area contributed by atoms with Crippen LogP contribution in [0.15, 0.2) is 29.3 Å². The molecule has 0 aliphatic carbocycles. The number of nitrogens with zero attached hydrogens (tertiary/aromatic N) is 1. The van der Waals surface area contributed by atoms with Crippen molar-refractivity contribution in [3.63, 3.8) is 0 Å². The summed E-state index contributed by atoms with van der Waals surface area (Å²) in [5.41, 5.74) is 1.23. The molecule has 0 radical (unpaired) electrons. The van der Waals surface area contributed by atoms with Crippen molar-refractivity contribution >= 4 is 5.96 Å². The molecule has 0 bridgehead atoms. The molecule has 1 aromatic rings. The van der Waals surface area contributed by atoms with Gasteiger partial charge in [0.2, 0.25) is 0 Å². The lowest BCUT2D eigenvalue weighted by Gasteiger charge is -2.12. The van der Waals surface area contributed by atoms with Gasteiger partial charge in [-0.3, -0.25) is 4.99 Å². The first-order valence-electron chi connectivity index (χ1n) is 8.04. The number of ether oxygens (including phenoxy) is 3. The van der Waals surface area contributed by atoms with Gasteiger partial charge in [0.15, 0.2) is 5.96 Å². The minimum absolute atomic E-state index is 0.581. The van der Waals surface area contributed by atoms with Gasteiger partial charge in [-0.15, -0.1) is 0 Å². The van der Waals surface area contributed by atoms with Gasteiger partial charge in [-0.05, 0) is 26.0 Å². The van der Waals surface area contributed by atoms with Crippen LogP contribution in [0.1, 0.15) is 12.5 Å². The highest BCUT2D eigenvalue weighted by atomic mass is 16.5. The largest absolute Gasteiger partial charge is 0.492 e. The van der Waals surface area contributed by atoms with Crippen LogP contribution in [0, 0.1) is 6.92 Å². The normalized spacial score (nSPS) is 11.3. The Hall–Kier alpha value is -1.79. The van der Waals surface area contributed by atoms with E-state index in [0.717, 1.165) is 18.3 Å². The molecule has 1 aromatic carbocycles.